The van der Waals surface area contributed by atoms with Crippen LogP contribution >= 0.6 is 0 Å². The maximum Gasteiger partial charge on any atom is 0.261 e. The topological polar surface area (TPSA) is 84.0 Å². The molecule has 0 atom stereocenters. The van der Waals surface area contributed by atoms with E-state index in [1.54, 1.807) is 29.2 Å². The van der Waals surface area contributed by atoms with Gasteiger partial charge in [-0.3, -0.25) is 24.1 Å². The van der Waals surface area contributed by atoms with Gasteiger partial charge in [0.15, 0.2) is 5.78 Å². The van der Waals surface area contributed by atoms with Gasteiger partial charge in [0.05, 0.1) is 23.1 Å². The van der Waals surface area contributed by atoms with E-state index >= 15 is 0 Å². The summed E-state index contributed by atoms with van der Waals surface area (Å²) in [7, 11) is 0. The summed E-state index contributed by atoms with van der Waals surface area (Å²) < 4.78 is 6.26. The highest BCUT2D eigenvalue weighted by Crippen LogP contribution is 2.39. The van der Waals surface area contributed by atoms with Crippen LogP contribution in [0, 0.1) is 6.92 Å². The Morgan fingerprint density at radius 3 is 2.28 bits per heavy atom. The molecule has 0 N–H and O–H groups in total. The monoisotopic (exact) mass is 432 g/mol. The summed E-state index contributed by atoms with van der Waals surface area (Å²) in [5.74, 6) is -0.0924. The van der Waals surface area contributed by atoms with Crippen molar-refractivity contribution < 1.29 is 23.9 Å². The number of fused-ring (bicyclic) bond motifs is 2. The Kier molecular flexibility index (Phi) is 4.84. The fraction of sp³-hybridized carbons (Fsp3) is 0.360. The minimum absolute atomic E-state index is 0.0640. The average Bonchev–Trinajstić information content (AvgIpc) is 3.03. The van der Waals surface area contributed by atoms with Crippen LogP contribution in [0.4, 0.5) is 0 Å². The van der Waals surface area contributed by atoms with Gasteiger partial charge < -0.3 is 9.64 Å². The Hall–Kier alpha value is -3.48. The van der Waals surface area contributed by atoms with Crippen molar-refractivity contribution in [2.75, 3.05) is 19.6 Å². The molecule has 32 heavy (non-hydrogen) atoms. The molecule has 1 saturated heterocycles. The van der Waals surface area contributed by atoms with E-state index in [-0.39, 0.29) is 36.5 Å². The minimum atomic E-state index is -0.571. The van der Waals surface area contributed by atoms with Gasteiger partial charge in [0.2, 0.25) is 5.91 Å². The van der Waals surface area contributed by atoms with Gasteiger partial charge in [-0.25, -0.2) is 0 Å². The Morgan fingerprint density at radius 2 is 1.62 bits per heavy atom. The highest BCUT2D eigenvalue weighted by Gasteiger charge is 2.44. The van der Waals surface area contributed by atoms with Gasteiger partial charge in [-0.15, -0.1) is 0 Å². The van der Waals surface area contributed by atoms with E-state index in [0.717, 1.165) is 10.5 Å². The van der Waals surface area contributed by atoms with E-state index in [4.69, 9.17) is 4.74 Å². The molecule has 3 aliphatic rings. The number of piperidine rings is 1. The number of amides is 3. The lowest BCUT2D eigenvalue weighted by molar-refractivity contribution is -0.134. The molecule has 1 spiro atoms. The van der Waals surface area contributed by atoms with E-state index in [9.17, 15) is 19.2 Å². The van der Waals surface area contributed by atoms with Crippen LogP contribution in [0.15, 0.2) is 42.5 Å². The summed E-state index contributed by atoms with van der Waals surface area (Å²) in [6, 6.07) is 12.4. The lowest BCUT2D eigenvalue weighted by atomic mass is 9.82. The maximum atomic E-state index is 12.8. The molecule has 0 radical (unpaired) electrons. The number of benzene rings is 2. The number of rotatable bonds is 3. The zero-order valence-electron chi connectivity index (χ0n) is 17.9. The SMILES string of the molecule is Cc1ccc2c(c1)C(=O)CC1(CCN(C(=O)CCN3C(=O)c4ccccc4C3=O)CC1)O2. The van der Waals surface area contributed by atoms with Crippen LogP contribution in [-0.2, 0) is 4.79 Å². The highest BCUT2D eigenvalue weighted by molar-refractivity contribution is 6.21. The Bertz CT molecular complexity index is 1110. The molecule has 2 aromatic rings. The van der Waals surface area contributed by atoms with Crippen LogP contribution in [0.2, 0.25) is 0 Å². The van der Waals surface area contributed by atoms with Crippen molar-refractivity contribution >= 4 is 23.5 Å². The summed E-state index contributed by atoms with van der Waals surface area (Å²) in [6.45, 7) is 2.98. The number of hydrogen-bond acceptors (Lipinski definition) is 5. The fourth-order valence-corrected chi connectivity index (χ4v) is 4.86. The number of likely N-dealkylation sites (tertiary alicyclic amines) is 1. The first-order valence-corrected chi connectivity index (χ1v) is 10.9. The standard InChI is InChI=1S/C25H24N2O5/c1-16-6-7-21-19(14-16)20(28)15-25(32-21)9-12-26(13-10-25)22(29)8-11-27-23(30)17-4-2-3-5-18(17)24(27)31/h2-7,14H,8-13,15H2,1H3. The largest absolute Gasteiger partial charge is 0.486 e. The van der Waals surface area contributed by atoms with Crippen molar-refractivity contribution in [2.24, 2.45) is 0 Å². The van der Waals surface area contributed by atoms with Gasteiger partial charge in [-0.05, 0) is 31.2 Å². The molecule has 164 valence electrons. The first kappa shape index (κ1) is 20.4. The lowest BCUT2D eigenvalue weighted by Gasteiger charge is -2.44. The predicted molar refractivity (Wildman–Crippen MR) is 116 cm³/mol. The molecule has 0 aliphatic carbocycles. The number of carbonyl (C=O) groups excluding carboxylic acids is 4. The second-order valence-corrected chi connectivity index (χ2v) is 8.82. The molecule has 3 heterocycles. The summed E-state index contributed by atoms with van der Waals surface area (Å²) >= 11 is 0. The number of carbonyl (C=O) groups is 4. The molecule has 3 aliphatic heterocycles. The zero-order valence-corrected chi connectivity index (χ0v) is 17.9. The molecule has 0 unspecified atom stereocenters. The van der Waals surface area contributed by atoms with E-state index in [1.807, 2.05) is 25.1 Å². The van der Waals surface area contributed by atoms with Crippen molar-refractivity contribution in [3.05, 3.63) is 64.7 Å². The van der Waals surface area contributed by atoms with Gasteiger partial charge >= 0.3 is 0 Å². The van der Waals surface area contributed by atoms with Gasteiger partial charge in [-0.2, -0.15) is 0 Å². The zero-order chi connectivity index (χ0) is 22.5. The van der Waals surface area contributed by atoms with Crippen LogP contribution < -0.4 is 4.74 Å². The van der Waals surface area contributed by atoms with E-state index in [0.29, 0.717) is 54.8 Å². The highest BCUT2D eigenvalue weighted by atomic mass is 16.5. The smallest absolute Gasteiger partial charge is 0.261 e. The molecule has 0 aromatic heterocycles. The normalized spacial score (nSPS) is 19.1. The van der Waals surface area contributed by atoms with E-state index < -0.39 is 5.60 Å². The third-order valence-corrected chi connectivity index (χ3v) is 6.70. The number of Topliss-reactive ketones (excluding diaryl/α,β-unsaturated/α-hetero) is 1. The van der Waals surface area contributed by atoms with Gasteiger partial charge in [0, 0.05) is 38.9 Å². The third-order valence-electron chi connectivity index (χ3n) is 6.70. The van der Waals surface area contributed by atoms with Crippen LogP contribution in [0.3, 0.4) is 0 Å². The molecule has 0 saturated carbocycles. The summed E-state index contributed by atoms with van der Waals surface area (Å²) in [6.07, 6.45) is 1.55. The van der Waals surface area contributed by atoms with Crippen molar-refractivity contribution in [3.63, 3.8) is 0 Å². The minimum Gasteiger partial charge on any atom is -0.486 e. The molecule has 5 rings (SSSR count). The average molecular weight is 432 g/mol. The number of ketones is 1. The fourth-order valence-electron chi connectivity index (χ4n) is 4.86. The number of imide groups is 1. The van der Waals surface area contributed by atoms with Crippen molar-refractivity contribution in [2.45, 2.75) is 38.2 Å². The summed E-state index contributed by atoms with van der Waals surface area (Å²) in [5.41, 5.74) is 1.86. The Morgan fingerprint density at radius 1 is 0.969 bits per heavy atom. The second kappa shape index (κ2) is 7.58. The van der Waals surface area contributed by atoms with Gasteiger partial charge in [0.25, 0.3) is 11.8 Å². The molecule has 2 aromatic carbocycles. The third kappa shape index (κ3) is 3.38. The lowest BCUT2D eigenvalue weighted by Crippen LogP contribution is -2.52. The molecule has 7 heteroatoms. The number of nitrogens with zero attached hydrogens (tertiary/aromatic N) is 2. The number of hydrogen-bond donors (Lipinski definition) is 0. The second-order valence-electron chi connectivity index (χ2n) is 8.82. The number of ether oxygens (including phenoxy) is 1. The van der Waals surface area contributed by atoms with Crippen molar-refractivity contribution in [1.29, 1.82) is 0 Å². The van der Waals surface area contributed by atoms with Crippen molar-refractivity contribution in [3.8, 4) is 5.75 Å². The Balaban J connectivity index is 1.19. The quantitative estimate of drug-likeness (QED) is 0.697. The molecular formula is C25H24N2O5. The Labute approximate surface area is 185 Å². The molecule has 0 bridgehead atoms. The predicted octanol–water partition coefficient (Wildman–Crippen LogP) is 3.01. The van der Waals surface area contributed by atoms with Crippen LogP contribution in [0.5, 0.6) is 5.75 Å². The van der Waals surface area contributed by atoms with E-state index in [2.05, 4.69) is 0 Å². The van der Waals surface area contributed by atoms with Gasteiger partial charge in [0.1, 0.15) is 11.4 Å². The first-order valence-electron chi connectivity index (χ1n) is 10.9. The van der Waals surface area contributed by atoms with Gasteiger partial charge in [-0.1, -0.05) is 23.8 Å². The molecule has 1 fully saturated rings. The molecular weight excluding hydrogens is 408 g/mol. The molecule has 7 nitrogen and oxygen atoms in total. The van der Waals surface area contributed by atoms with Crippen LogP contribution in [0.25, 0.3) is 0 Å². The van der Waals surface area contributed by atoms with Crippen LogP contribution in [-0.4, -0.2) is 58.5 Å². The van der Waals surface area contributed by atoms with Crippen LogP contribution in [0.1, 0.15) is 62.3 Å². The summed E-state index contributed by atoms with van der Waals surface area (Å²) in [4.78, 5) is 53.3. The van der Waals surface area contributed by atoms with E-state index in [1.165, 1.54) is 0 Å². The summed E-state index contributed by atoms with van der Waals surface area (Å²) in [5, 5.41) is 0. The number of aryl methyl sites for hydroxylation is 1. The molecule has 3 amide bonds. The van der Waals surface area contributed by atoms with Crippen molar-refractivity contribution in [1.82, 2.24) is 9.80 Å². The first-order chi connectivity index (χ1) is 15.4. The maximum absolute atomic E-state index is 12.8.